The maximum atomic E-state index is 12.4. The molecule has 1 saturated carbocycles. The molecule has 1 aromatic carbocycles. The molecule has 20 heavy (non-hydrogen) atoms. The van der Waals surface area contributed by atoms with Gasteiger partial charge in [-0.25, -0.2) is 0 Å². The van der Waals surface area contributed by atoms with Crippen molar-refractivity contribution in [1.29, 1.82) is 5.26 Å². The van der Waals surface area contributed by atoms with Gasteiger partial charge in [0.2, 0.25) is 5.91 Å². The second kappa shape index (κ2) is 5.01. The summed E-state index contributed by atoms with van der Waals surface area (Å²) in [5.74, 6) is 0.162. The first-order valence-electron chi connectivity index (χ1n) is 7.02. The van der Waals surface area contributed by atoms with Crippen LogP contribution in [0, 0.1) is 11.3 Å². The summed E-state index contributed by atoms with van der Waals surface area (Å²) in [6.45, 7) is 3.15. The molecule has 0 radical (unpaired) electrons. The zero-order valence-electron chi connectivity index (χ0n) is 11.5. The zero-order chi connectivity index (χ0) is 14.1. The number of amides is 1. The topological polar surface area (TPSA) is 49.0 Å². The first-order chi connectivity index (χ1) is 9.74. The van der Waals surface area contributed by atoms with Crippen LogP contribution in [-0.4, -0.2) is 28.0 Å². The van der Waals surface area contributed by atoms with Gasteiger partial charge in [0.25, 0.3) is 0 Å². The lowest BCUT2D eigenvalue weighted by Gasteiger charge is -2.20. The number of aromatic nitrogens is 1. The second-order valence-electron chi connectivity index (χ2n) is 5.20. The SMILES string of the molecule is CCN(C(=O)Cn1ccc2c(C#N)cccc21)C1CC1. The Morgan fingerprint density at radius 1 is 1.45 bits per heavy atom. The lowest BCUT2D eigenvalue weighted by molar-refractivity contribution is -0.132. The third-order valence-electron chi connectivity index (χ3n) is 3.89. The van der Waals surface area contributed by atoms with E-state index in [9.17, 15) is 4.79 Å². The number of nitriles is 1. The van der Waals surface area contributed by atoms with Crippen molar-refractivity contribution in [2.75, 3.05) is 6.54 Å². The van der Waals surface area contributed by atoms with E-state index in [1.54, 1.807) is 6.07 Å². The lowest BCUT2D eigenvalue weighted by Crippen LogP contribution is -2.35. The number of fused-ring (bicyclic) bond motifs is 1. The Balaban J connectivity index is 1.88. The van der Waals surface area contributed by atoms with E-state index in [1.807, 2.05) is 40.8 Å². The number of hydrogen-bond donors (Lipinski definition) is 0. The highest BCUT2D eigenvalue weighted by Crippen LogP contribution is 2.27. The third kappa shape index (κ3) is 2.16. The van der Waals surface area contributed by atoms with Gasteiger partial charge < -0.3 is 9.47 Å². The fourth-order valence-corrected chi connectivity index (χ4v) is 2.72. The van der Waals surface area contributed by atoms with E-state index >= 15 is 0 Å². The van der Waals surface area contributed by atoms with Gasteiger partial charge in [0, 0.05) is 29.7 Å². The number of likely N-dealkylation sites (N-methyl/N-ethyl adjacent to an activating group) is 1. The summed E-state index contributed by atoms with van der Waals surface area (Å²) < 4.78 is 1.93. The molecule has 0 atom stereocenters. The van der Waals surface area contributed by atoms with Crippen LogP contribution in [0.5, 0.6) is 0 Å². The molecule has 0 spiro atoms. The maximum Gasteiger partial charge on any atom is 0.242 e. The van der Waals surface area contributed by atoms with Crippen LogP contribution in [0.25, 0.3) is 10.9 Å². The highest BCUT2D eigenvalue weighted by molar-refractivity contribution is 5.87. The fourth-order valence-electron chi connectivity index (χ4n) is 2.72. The number of rotatable bonds is 4. The van der Waals surface area contributed by atoms with Crippen LogP contribution in [-0.2, 0) is 11.3 Å². The number of carbonyl (C=O) groups is 1. The number of benzene rings is 1. The molecule has 1 aliphatic carbocycles. The molecule has 1 aromatic heterocycles. The summed E-state index contributed by atoms with van der Waals surface area (Å²) in [5.41, 5.74) is 1.60. The highest BCUT2D eigenvalue weighted by Gasteiger charge is 2.31. The van der Waals surface area contributed by atoms with Gasteiger partial charge in [-0.1, -0.05) is 6.07 Å². The Morgan fingerprint density at radius 2 is 2.25 bits per heavy atom. The molecular formula is C16H17N3O. The Hall–Kier alpha value is -2.28. The van der Waals surface area contributed by atoms with Crippen LogP contribution in [0.2, 0.25) is 0 Å². The largest absolute Gasteiger partial charge is 0.338 e. The minimum absolute atomic E-state index is 0.162. The van der Waals surface area contributed by atoms with Gasteiger partial charge in [-0.2, -0.15) is 5.26 Å². The van der Waals surface area contributed by atoms with Gasteiger partial charge in [0.1, 0.15) is 6.54 Å². The Morgan fingerprint density at radius 3 is 2.90 bits per heavy atom. The second-order valence-corrected chi connectivity index (χ2v) is 5.20. The Kier molecular flexibility index (Phi) is 3.19. The molecule has 0 aliphatic heterocycles. The van der Waals surface area contributed by atoms with Gasteiger partial charge in [-0.15, -0.1) is 0 Å². The molecule has 3 rings (SSSR count). The van der Waals surface area contributed by atoms with Gasteiger partial charge >= 0.3 is 0 Å². The van der Waals surface area contributed by atoms with Crippen molar-refractivity contribution < 1.29 is 4.79 Å². The van der Waals surface area contributed by atoms with Crippen molar-refractivity contribution >= 4 is 16.8 Å². The van der Waals surface area contributed by atoms with Crippen molar-refractivity contribution in [1.82, 2.24) is 9.47 Å². The summed E-state index contributed by atoms with van der Waals surface area (Å²) in [5, 5.41) is 10.0. The van der Waals surface area contributed by atoms with E-state index in [2.05, 4.69) is 6.07 Å². The van der Waals surface area contributed by atoms with Crippen molar-refractivity contribution in [3.8, 4) is 6.07 Å². The van der Waals surface area contributed by atoms with E-state index in [0.717, 1.165) is 30.3 Å². The number of hydrogen-bond acceptors (Lipinski definition) is 2. The molecular weight excluding hydrogens is 250 g/mol. The first kappa shape index (κ1) is 12.7. The molecule has 1 heterocycles. The van der Waals surface area contributed by atoms with Crippen LogP contribution < -0.4 is 0 Å². The quantitative estimate of drug-likeness (QED) is 0.854. The molecule has 4 heteroatoms. The van der Waals surface area contributed by atoms with E-state index in [4.69, 9.17) is 5.26 Å². The molecule has 0 unspecified atom stereocenters. The standard InChI is InChI=1S/C16H17N3O/c1-2-19(13-6-7-13)16(20)11-18-9-8-14-12(10-17)4-3-5-15(14)18/h3-5,8-9,13H,2,6-7,11H2,1H3. The molecule has 2 aromatic rings. The van der Waals surface area contributed by atoms with Crippen LogP contribution in [0.15, 0.2) is 30.5 Å². The predicted molar refractivity (Wildman–Crippen MR) is 77.1 cm³/mol. The lowest BCUT2D eigenvalue weighted by atomic mass is 10.1. The van der Waals surface area contributed by atoms with E-state index in [-0.39, 0.29) is 5.91 Å². The smallest absolute Gasteiger partial charge is 0.242 e. The van der Waals surface area contributed by atoms with Crippen LogP contribution in [0.1, 0.15) is 25.3 Å². The van der Waals surface area contributed by atoms with E-state index < -0.39 is 0 Å². The molecule has 0 saturated heterocycles. The summed E-state index contributed by atoms with van der Waals surface area (Å²) in [4.78, 5) is 14.3. The minimum Gasteiger partial charge on any atom is -0.338 e. The van der Waals surface area contributed by atoms with Gasteiger partial charge in [-0.05, 0) is 38.0 Å². The number of carbonyl (C=O) groups excluding carboxylic acids is 1. The van der Waals surface area contributed by atoms with Crippen LogP contribution in [0.4, 0.5) is 0 Å². The zero-order valence-corrected chi connectivity index (χ0v) is 11.5. The molecule has 1 amide bonds. The highest BCUT2D eigenvalue weighted by atomic mass is 16.2. The minimum atomic E-state index is 0.162. The van der Waals surface area contributed by atoms with Gasteiger partial charge in [-0.3, -0.25) is 4.79 Å². The fraction of sp³-hybridized carbons (Fsp3) is 0.375. The van der Waals surface area contributed by atoms with E-state index in [0.29, 0.717) is 18.2 Å². The van der Waals surface area contributed by atoms with Crippen molar-refractivity contribution in [2.24, 2.45) is 0 Å². The van der Waals surface area contributed by atoms with Crippen LogP contribution >= 0.6 is 0 Å². The summed E-state index contributed by atoms with van der Waals surface area (Å²) in [6.07, 6.45) is 4.15. The predicted octanol–water partition coefficient (Wildman–Crippen LogP) is 2.52. The first-order valence-corrected chi connectivity index (χ1v) is 7.02. The third-order valence-corrected chi connectivity index (χ3v) is 3.89. The number of nitrogens with zero attached hydrogens (tertiary/aromatic N) is 3. The van der Waals surface area contributed by atoms with Crippen molar-refractivity contribution in [2.45, 2.75) is 32.4 Å². The summed E-state index contributed by atoms with van der Waals surface area (Å²) in [7, 11) is 0. The van der Waals surface area contributed by atoms with Gasteiger partial charge in [0.05, 0.1) is 11.6 Å². The monoisotopic (exact) mass is 267 g/mol. The van der Waals surface area contributed by atoms with E-state index in [1.165, 1.54) is 0 Å². The summed E-state index contributed by atoms with van der Waals surface area (Å²) >= 11 is 0. The molecule has 0 N–H and O–H groups in total. The molecule has 4 nitrogen and oxygen atoms in total. The molecule has 102 valence electrons. The molecule has 1 aliphatic rings. The molecule has 1 fully saturated rings. The van der Waals surface area contributed by atoms with Crippen LogP contribution in [0.3, 0.4) is 0 Å². The van der Waals surface area contributed by atoms with Gasteiger partial charge in [0.15, 0.2) is 0 Å². The maximum absolute atomic E-state index is 12.4. The average Bonchev–Trinajstić information content (AvgIpc) is 3.21. The Labute approximate surface area is 118 Å². The van der Waals surface area contributed by atoms with Crippen molar-refractivity contribution in [3.63, 3.8) is 0 Å². The summed E-state index contributed by atoms with van der Waals surface area (Å²) in [6, 6.07) is 10.2. The molecule has 0 bridgehead atoms. The van der Waals surface area contributed by atoms with Crippen molar-refractivity contribution in [3.05, 3.63) is 36.0 Å². The normalized spacial score (nSPS) is 14.2. The average molecular weight is 267 g/mol. The Bertz CT molecular complexity index is 691.